The van der Waals surface area contributed by atoms with Crippen LogP contribution in [0.5, 0.6) is 0 Å². The SMILES string of the molecule is Cc1ccccc1CNC(=O)CNC(=O)c1ccc(Br)cc1. The van der Waals surface area contributed by atoms with E-state index in [1.165, 1.54) is 0 Å². The van der Waals surface area contributed by atoms with Gasteiger partial charge < -0.3 is 10.6 Å². The zero-order chi connectivity index (χ0) is 15.9. The van der Waals surface area contributed by atoms with Crippen molar-refractivity contribution >= 4 is 27.7 Å². The van der Waals surface area contributed by atoms with Crippen LogP contribution in [0.25, 0.3) is 0 Å². The summed E-state index contributed by atoms with van der Waals surface area (Å²) in [6.45, 7) is 2.41. The first-order valence-corrected chi connectivity index (χ1v) is 7.70. The summed E-state index contributed by atoms with van der Waals surface area (Å²) in [5.41, 5.74) is 2.71. The highest BCUT2D eigenvalue weighted by Gasteiger charge is 2.08. The van der Waals surface area contributed by atoms with Gasteiger partial charge in [0, 0.05) is 16.6 Å². The van der Waals surface area contributed by atoms with Gasteiger partial charge in [-0.2, -0.15) is 0 Å². The van der Waals surface area contributed by atoms with Gasteiger partial charge in [-0.3, -0.25) is 9.59 Å². The molecule has 0 aromatic heterocycles. The van der Waals surface area contributed by atoms with Crippen molar-refractivity contribution in [3.63, 3.8) is 0 Å². The third kappa shape index (κ3) is 4.70. The predicted molar refractivity (Wildman–Crippen MR) is 89.5 cm³/mol. The first kappa shape index (κ1) is 16.2. The number of amides is 2. The van der Waals surface area contributed by atoms with Crippen molar-refractivity contribution in [1.29, 1.82) is 0 Å². The lowest BCUT2D eigenvalue weighted by Gasteiger charge is -2.09. The van der Waals surface area contributed by atoms with Crippen LogP contribution in [-0.2, 0) is 11.3 Å². The summed E-state index contributed by atoms with van der Waals surface area (Å²) in [6.07, 6.45) is 0. The topological polar surface area (TPSA) is 58.2 Å². The van der Waals surface area contributed by atoms with Gasteiger partial charge in [0.2, 0.25) is 5.91 Å². The van der Waals surface area contributed by atoms with Crippen LogP contribution >= 0.6 is 15.9 Å². The molecule has 2 aromatic rings. The molecule has 0 bridgehead atoms. The second kappa shape index (κ2) is 7.75. The van der Waals surface area contributed by atoms with Crippen LogP contribution in [0.4, 0.5) is 0 Å². The minimum atomic E-state index is -0.265. The Morgan fingerprint density at radius 2 is 1.68 bits per heavy atom. The van der Waals surface area contributed by atoms with Crippen LogP contribution < -0.4 is 10.6 Å². The molecule has 0 atom stereocenters. The van der Waals surface area contributed by atoms with E-state index in [9.17, 15) is 9.59 Å². The van der Waals surface area contributed by atoms with Gasteiger partial charge in [-0.25, -0.2) is 0 Å². The Hall–Kier alpha value is -2.14. The minimum Gasteiger partial charge on any atom is -0.350 e. The Balaban J connectivity index is 1.79. The zero-order valence-corrected chi connectivity index (χ0v) is 13.8. The maximum atomic E-state index is 11.9. The number of aryl methyl sites for hydroxylation is 1. The van der Waals surface area contributed by atoms with Crippen molar-refractivity contribution in [3.8, 4) is 0 Å². The van der Waals surface area contributed by atoms with Crippen LogP contribution in [0.15, 0.2) is 53.0 Å². The summed E-state index contributed by atoms with van der Waals surface area (Å²) in [7, 11) is 0. The molecule has 5 heteroatoms. The molecule has 0 aliphatic carbocycles. The monoisotopic (exact) mass is 360 g/mol. The van der Waals surface area contributed by atoms with E-state index in [1.807, 2.05) is 31.2 Å². The summed E-state index contributed by atoms with van der Waals surface area (Å²) in [6, 6.07) is 14.8. The van der Waals surface area contributed by atoms with Crippen molar-refractivity contribution < 1.29 is 9.59 Å². The number of halogens is 1. The van der Waals surface area contributed by atoms with Gasteiger partial charge in [-0.15, -0.1) is 0 Å². The molecular weight excluding hydrogens is 344 g/mol. The first-order valence-electron chi connectivity index (χ1n) is 6.91. The maximum absolute atomic E-state index is 11.9. The fourth-order valence-corrected chi connectivity index (χ4v) is 2.19. The molecule has 0 aliphatic rings. The molecule has 0 fully saturated rings. The maximum Gasteiger partial charge on any atom is 0.251 e. The minimum absolute atomic E-state index is 0.0409. The van der Waals surface area contributed by atoms with E-state index in [4.69, 9.17) is 0 Å². The molecule has 4 nitrogen and oxygen atoms in total. The molecule has 0 heterocycles. The number of nitrogens with one attached hydrogen (secondary N) is 2. The predicted octanol–water partition coefficient (Wildman–Crippen LogP) is 2.80. The molecule has 0 radical (unpaired) electrons. The number of carbonyl (C=O) groups excluding carboxylic acids is 2. The van der Waals surface area contributed by atoms with Crippen LogP contribution in [0, 0.1) is 6.92 Å². The van der Waals surface area contributed by atoms with Gasteiger partial charge >= 0.3 is 0 Å². The van der Waals surface area contributed by atoms with Crippen LogP contribution in [-0.4, -0.2) is 18.4 Å². The highest BCUT2D eigenvalue weighted by molar-refractivity contribution is 9.10. The molecule has 0 saturated carbocycles. The molecule has 2 N–H and O–H groups in total. The van der Waals surface area contributed by atoms with E-state index >= 15 is 0 Å². The molecule has 0 spiro atoms. The van der Waals surface area contributed by atoms with Gasteiger partial charge in [0.25, 0.3) is 5.91 Å². The smallest absolute Gasteiger partial charge is 0.251 e. The highest BCUT2D eigenvalue weighted by Crippen LogP contribution is 2.10. The fraction of sp³-hybridized carbons (Fsp3) is 0.176. The molecule has 2 amide bonds. The van der Waals surface area contributed by atoms with Crippen molar-refractivity contribution in [3.05, 3.63) is 69.7 Å². The molecule has 0 aliphatic heterocycles. The lowest BCUT2D eigenvalue weighted by atomic mass is 10.1. The molecule has 22 heavy (non-hydrogen) atoms. The van der Waals surface area contributed by atoms with E-state index in [0.29, 0.717) is 12.1 Å². The Bertz CT molecular complexity index is 669. The number of hydrogen-bond acceptors (Lipinski definition) is 2. The largest absolute Gasteiger partial charge is 0.350 e. The third-order valence-electron chi connectivity index (χ3n) is 3.25. The summed E-state index contributed by atoms with van der Waals surface area (Å²) < 4.78 is 0.903. The average Bonchev–Trinajstić information content (AvgIpc) is 2.52. The Morgan fingerprint density at radius 1 is 1.00 bits per heavy atom. The number of hydrogen-bond donors (Lipinski definition) is 2. The van der Waals surface area contributed by atoms with Gasteiger partial charge in [0.15, 0.2) is 0 Å². The number of benzene rings is 2. The van der Waals surface area contributed by atoms with E-state index < -0.39 is 0 Å². The van der Waals surface area contributed by atoms with Crippen molar-refractivity contribution in [2.24, 2.45) is 0 Å². The first-order chi connectivity index (χ1) is 10.6. The Labute approximate surface area is 138 Å². The summed E-state index contributed by atoms with van der Waals surface area (Å²) in [4.78, 5) is 23.7. The molecule has 2 aromatic carbocycles. The van der Waals surface area contributed by atoms with Crippen molar-refractivity contribution in [2.45, 2.75) is 13.5 Å². The van der Waals surface area contributed by atoms with E-state index in [-0.39, 0.29) is 18.4 Å². The van der Waals surface area contributed by atoms with Crippen LogP contribution in [0.2, 0.25) is 0 Å². The Morgan fingerprint density at radius 3 is 2.36 bits per heavy atom. The van der Waals surface area contributed by atoms with E-state index in [1.54, 1.807) is 24.3 Å². The second-order valence-electron chi connectivity index (χ2n) is 4.89. The summed E-state index contributed by atoms with van der Waals surface area (Å²) in [5, 5.41) is 5.40. The van der Waals surface area contributed by atoms with Gasteiger partial charge in [-0.1, -0.05) is 40.2 Å². The van der Waals surface area contributed by atoms with Gasteiger partial charge in [0.1, 0.15) is 0 Å². The van der Waals surface area contributed by atoms with Crippen molar-refractivity contribution in [2.75, 3.05) is 6.54 Å². The molecule has 0 saturated heterocycles. The normalized spacial score (nSPS) is 10.1. The van der Waals surface area contributed by atoms with Crippen LogP contribution in [0.3, 0.4) is 0 Å². The lowest BCUT2D eigenvalue weighted by molar-refractivity contribution is -0.120. The number of rotatable bonds is 5. The second-order valence-corrected chi connectivity index (χ2v) is 5.81. The molecule has 114 valence electrons. The highest BCUT2D eigenvalue weighted by atomic mass is 79.9. The third-order valence-corrected chi connectivity index (χ3v) is 3.78. The molecule has 0 unspecified atom stereocenters. The molecule has 2 rings (SSSR count). The summed E-state index contributed by atoms with van der Waals surface area (Å²) in [5.74, 6) is -0.479. The standard InChI is InChI=1S/C17H17BrN2O2/c1-12-4-2-3-5-14(12)10-19-16(21)11-20-17(22)13-6-8-15(18)9-7-13/h2-9H,10-11H2,1H3,(H,19,21)(H,20,22). The van der Waals surface area contributed by atoms with E-state index in [0.717, 1.165) is 15.6 Å². The van der Waals surface area contributed by atoms with E-state index in [2.05, 4.69) is 26.6 Å². The fourth-order valence-electron chi connectivity index (χ4n) is 1.93. The van der Waals surface area contributed by atoms with Crippen LogP contribution in [0.1, 0.15) is 21.5 Å². The van der Waals surface area contributed by atoms with Crippen molar-refractivity contribution in [1.82, 2.24) is 10.6 Å². The Kier molecular flexibility index (Phi) is 5.72. The lowest BCUT2D eigenvalue weighted by Crippen LogP contribution is -2.36. The van der Waals surface area contributed by atoms with Gasteiger partial charge in [0.05, 0.1) is 6.54 Å². The van der Waals surface area contributed by atoms with Gasteiger partial charge in [-0.05, 0) is 42.3 Å². The zero-order valence-electron chi connectivity index (χ0n) is 12.2. The average molecular weight is 361 g/mol. The molecular formula is C17H17BrN2O2. The quantitative estimate of drug-likeness (QED) is 0.861. The number of carbonyl (C=O) groups is 2. The summed E-state index contributed by atoms with van der Waals surface area (Å²) >= 11 is 3.31.